The van der Waals surface area contributed by atoms with Gasteiger partial charge in [0, 0.05) is 12.3 Å². The SMILES string of the molecule is CS(=O)NC(=O)c1cc(Br)c(F)cc1F. The first-order chi connectivity index (χ1) is 6.91. The molecule has 0 aliphatic carbocycles. The summed E-state index contributed by atoms with van der Waals surface area (Å²) in [5.74, 6) is -2.66. The van der Waals surface area contributed by atoms with Crippen molar-refractivity contribution in [3.8, 4) is 0 Å². The summed E-state index contributed by atoms with van der Waals surface area (Å²) >= 11 is 2.82. The van der Waals surface area contributed by atoms with Gasteiger partial charge in [-0.25, -0.2) is 13.0 Å². The summed E-state index contributed by atoms with van der Waals surface area (Å²) < 4.78 is 38.5. The fourth-order valence-electron chi connectivity index (χ4n) is 0.882. The second-order valence-corrected chi connectivity index (χ2v) is 4.60. The number of carbonyl (C=O) groups is 1. The van der Waals surface area contributed by atoms with E-state index in [1.165, 1.54) is 6.26 Å². The molecule has 1 atom stereocenters. The van der Waals surface area contributed by atoms with Crippen molar-refractivity contribution in [2.45, 2.75) is 0 Å². The van der Waals surface area contributed by atoms with Gasteiger partial charge >= 0.3 is 0 Å². The number of hydrogen-bond donors (Lipinski definition) is 1. The molecule has 0 spiro atoms. The fraction of sp³-hybridized carbons (Fsp3) is 0.125. The van der Waals surface area contributed by atoms with Gasteiger partial charge in [0.1, 0.15) is 22.6 Å². The molecule has 0 aliphatic heterocycles. The lowest BCUT2D eigenvalue weighted by atomic mass is 10.2. The van der Waals surface area contributed by atoms with Crippen molar-refractivity contribution in [1.82, 2.24) is 4.72 Å². The quantitative estimate of drug-likeness (QED) is 0.846. The van der Waals surface area contributed by atoms with Gasteiger partial charge in [-0.2, -0.15) is 0 Å². The Hall–Kier alpha value is -0.820. The van der Waals surface area contributed by atoms with Crippen LogP contribution in [-0.2, 0) is 11.0 Å². The number of nitrogens with one attached hydrogen (secondary N) is 1. The highest BCUT2D eigenvalue weighted by molar-refractivity contribution is 9.10. The maximum Gasteiger partial charge on any atom is 0.265 e. The maximum atomic E-state index is 13.1. The smallest absolute Gasteiger partial charge is 0.265 e. The third kappa shape index (κ3) is 3.07. The van der Waals surface area contributed by atoms with Crippen molar-refractivity contribution in [2.24, 2.45) is 0 Å². The van der Waals surface area contributed by atoms with Gasteiger partial charge in [-0.15, -0.1) is 0 Å². The van der Waals surface area contributed by atoms with Gasteiger partial charge in [0.05, 0.1) is 10.0 Å². The Bertz CT molecular complexity index is 439. The van der Waals surface area contributed by atoms with E-state index in [4.69, 9.17) is 0 Å². The number of halogens is 3. The van der Waals surface area contributed by atoms with Crippen LogP contribution in [0.15, 0.2) is 16.6 Å². The van der Waals surface area contributed by atoms with Crippen LogP contribution in [0.25, 0.3) is 0 Å². The Labute approximate surface area is 95.6 Å². The van der Waals surface area contributed by atoms with Gasteiger partial charge in [0.2, 0.25) is 0 Å². The zero-order valence-electron chi connectivity index (χ0n) is 7.51. The average molecular weight is 298 g/mol. The minimum atomic E-state index is -1.59. The summed E-state index contributed by atoms with van der Waals surface area (Å²) in [6.07, 6.45) is 1.23. The molecule has 0 bridgehead atoms. The number of hydrogen-bond acceptors (Lipinski definition) is 2. The van der Waals surface area contributed by atoms with Gasteiger partial charge in [0.25, 0.3) is 5.91 Å². The molecule has 1 unspecified atom stereocenters. The topological polar surface area (TPSA) is 46.2 Å². The van der Waals surface area contributed by atoms with E-state index in [1.807, 2.05) is 4.72 Å². The molecular formula is C8H6BrF2NO2S. The highest BCUT2D eigenvalue weighted by Crippen LogP contribution is 2.19. The molecule has 7 heteroatoms. The molecule has 1 rings (SSSR count). The van der Waals surface area contributed by atoms with Crippen LogP contribution in [0.3, 0.4) is 0 Å². The summed E-state index contributed by atoms with van der Waals surface area (Å²) in [6.45, 7) is 0. The van der Waals surface area contributed by atoms with Crippen LogP contribution in [-0.4, -0.2) is 16.4 Å². The average Bonchev–Trinajstić information content (AvgIpc) is 2.09. The van der Waals surface area contributed by atoms with E-state index in [9.17, 15) is 17.8 Å². The normalized spacial score (nSPS) is 12.3. The third-order valence-corrected chi connectivity index (χ3v) is 2.57. The zero-order chi connectivity index (χ0) is 11.6. The molecule has 0 aliphatic rings. The monoisotopic (exact) mass is 297 g/mol. The molecule has 0 saturated heterocycles. The van der Waals surface area contributed by atoms with E-state index in [2.05, 4.69) is 15.9 Å². The predicted octanol–water partition coefficient (Wildman–Crippen LogP) is 1.75. The minimum absolute atomic E-state index is 0.0315. The second-order valence-electron chi connectivity index (χ2n) is 2.63. The highest BCUT2D eigenvalue weighted by atomic mass is 79.9. The van der Waals surface area contributed by atoms with E-state index in [0.717, 1.165) is 6.07 Å². The van der Waals surface area contributed by atoms with Crippen LogP contribution < -0.4 is 4.72 Å². The fourth-order valence-corrected chi connectivity index (χ4v) is 1.60. The molecule has 0 heterocycles. The van der Waals surface area contributed by atoms with Crippen molar-refractivity contribution in [3.63, 3.8) is 0 Å². The van der Waals surface area contributed by atoms with Gasteiger partial charge in [-0.3, -0.25) is 9.52 Å². The molecule has 15 heavy (non-hydrogen) atoms. The van der Waals surface area contributed by atoms with E-state index in [-0.39, 0.29) is 10.0 Å². The van der Waals surface area contributed by atoms with Crippen LogP contribution >= 0.6 is 15.9 Å². The Balaban J connectivity index is 3.09. The first kappa shape index (κ1) is 12.3. The molecule has 1 aromatic carbocycles. The van der Waals surface area contributed by atoms with Crippen LogP contribution in [0, 0.1) is 11.6 Å². The van der Waals surface area contributed by atoms with Crippen LogP contribution in [0.4, 0.5) is 8.78 Å². The molecule has 1 N–H and O–H groups in total. The highest BCUT2D eigenvalue weighted by Gasteiger charge is 2.15. The lowest BCUT2D eigenvalue weighted by Crippen LogP contribution is -2.25. The summed E-state index contributed by atoms with van der Waals surface area (Å²) in [4.78, 5) is 11.3. The summed E-state index contributed by atoms with van der Waals surface area (Å²) in [7, 11) is -1.59. The van der Waals surface area contributed by atoms with E-state index in [1.54, 1.807) is 0 Å². The Morgan fingerprint density at radius 1 is 1.40 bits per heavy atom. The summed E-state index contributed by atoms with van der Waals surface area (Å²) in [6, 6.07) is 1.57. The van der Waals surface area contributed by atoms with Gasteiger partial charge < -0.3 is 0 Å². The van der Waals surface area contributed by atoms with E-state index in [0.29, 0.717) is 6.07 Å². The summed E-state index contributed by atoms with van der Waals surface area (Å²) in [5, 5.41) is 0. The maximum absolute atomic E-state index is 13.1. The van der Waals surface area contributed by atoms with Gasteiger partial charge in [0.15, 0.2) is 0 Å². The lowest BCUT2D eigenvalue weighted by Gasteiger charge is -2.04. The van der Waals surface area contributed by atoms with Crippen molar-refractivity contribution < 1.29 is 17.8 Å². The molecule has 1 amide bonds. The van der Waals surface area contributed by atoms with Crippen molar-refractivity contribution in [1.29, 1.82) is 0 Å². The molecule has 3 nitrogen and oxygen atoms in total. The molecular weight excluding hydrogens is 292 g/mol. The first-order valence-electron chi connectivity index (χ1n) is 3.70. The number of carbonyl (C=O) groups excluding carboxylic acids is 1. The second kappa shape index (κ2) is 4.80. The molecule has 0 aromatic heterocycles. The number of rotatable bonds is 2. The Morgan fingerprint density at radius 2 is 2.00 bits per heavy atom. The summed E-state index contributed by atoms with van der Waals surface area (Å²) in [5.41, 5.74) is -0.363. The van der Waals surface area contributed by atoms with Crippen LogP contribution in [0.1, 0.15) is 10.4 Å². The predicted molar refractivity (Wildman–Crippen MR) is 55.6 cm³/mol. The number of amides is 1. The third-order valence-electron chi connectivity index (χ3n) is 1.49. The van der Waals surface area contributed by atoms with Gasteiger partial charge in [-0.1, -0.05) is 0 Å². The number of benzene rings is 1. The van der Waals surface area contributed by atoms with Gasteiger partial charge in [-0.05, 0) is 22.0 Å². The van der Waals surface area contributed by atoms with E-state index < -0.39 is 28.5 Å². The largest absolute Gasteiger partial charge is 0.271 e. The zero-order valence-corrected chi connectivity index (χ0v) is 9.92. The first-order valence-corrected chi connectivity index (χ1v) is 6.06. The Morgan fingerprint density at radius 3 is 2.53 bits per heavy atom. The lowest BCUT2D eigenvalue weighted by molar-refractivity contribution is 0.0979. The molecule has 0 saturated carbocycles. The van der Waals surface area contributed by atoms with Crippen molar-refractivity contribution >= 4 is 32.8 Å². The molecule has 0 radical (unpaired) electrons. The molecule has 82 valence electrons. The standard InChI is InChI=1S/C8H6BrF2NO2S/c1-15(14)12-8(13)4-2-5(9)7(11)3-6(4)10/h2-3H,1H3,(H,12,13). The van der Waals surface area contributed by atoms with Crippen LogP contribution in [0.2, 0.25) is 0 Å². The molecule has 1 aromatic rings. The minimum Gasteiger partial charge on any atom is -0.271 e. The Kier molecular flexibility index (Phi) is 3.92. The molecule has 0 fully saturated rings. The van der Waals surface area contributed by atoms with E-state index >= 15 is 0 Å². The van der Waals surface area contributed by atoms with Crippen molar-refractivity contribution in [2.75, 3.05) is 6.26 Å². The van der Waals surface area contributed by atoms with Crippen molar-refractivity contribution in [3.05, 3.63) is 33.8 Å². The van der Waals surface area contributed by atoms with Crippen LogP contribution in [0.5, 0.6) is 0 Å².